The molecular formula is C60H84O6. The number of carbonyl (C=O) groups is 4. The summed E-state index contributed by atoms with van der Waals surface area (Å²) in [5.41, 5.74) is 6.11. The van der Waals surface area contributed by atoms with Crippen molar-refractivity contribution in [1.82, 2.24) is 0 Å². The van der Waals surface area contributed by atoms with E-state index in [9.17, 15) is 29.4 Å². The Bertz CT molecular complexity index is 2160. The van der Waals surface area contributed by atoms with Crippen LogP contribution in [0.1, 0.15) is 187 Å². The van der Waals surface area contributed by atoms with Crippen molar-refractivity contribution in [2.24, 2.45) is 68.0 Å². The quantitative estimate of drug-likeness (QED) is 0.235. The van der Waals surface area contributed by atoms with Crippen LogP contribution in [-0.4, -0.2) is 33.3 Å². The highest BCUT2D eigenvalue weighted by molar-refractivity contribution is 6.11. The Morgan fingerprint density at radius 1 is 0.591 bits per heavy atom. The molecule has 0 unspecified atom stereocenters. The summed E-state index contributed by atoms with van der Waals surface area (Å²) in [6.45, 7) is 29.7. The number of aliphatic hydroxyl groups is 2. The molecule has 8 aliphatic carbocycles. The Kier molecular flexibility index (Phi) is 13.4. The highest BCUT2D eigenvalue weighted by atomic mass is 16.3. The van der Waals surface area contributed by atoms with Crippen LogP contribution in [0.25, 0.3) is 0 Å². The van der Waals surface area contributed by atoms with Crippen LogP contribution < -0.4 is 0 Å². The summed E-state index contributed by atoms with van der Waals surface area (Å²) in [4.78, 5) is 55.5. The van der Waals surface area contributed by atoms with Gasteiger partial charge in [-0.25, -0.2) is 0 Å². The molecule has 4 saturated carbocycles. The van der Waals surface area contributed by atoms with E-state index >= 15 is 0 Å². The number of allylic oxidation sites excluding steroid dienone is 14. The van der Waals surface area contributed by atoms with Crippen LogP contribution in [0.3, 0.4) is 0 Å². The summed E-state index contributed by atoms with van der Waals surface area (Å²) >= 11 is 0. The molecule has 0 bridgehead atoms. The van der Waals surface area contributed by atoms with Gasteiger partial charge in [0.15, 0.2) is 11.5 Å². The highest BCUT2D eigenvalue weighted by Crippen LogP contribution is 2.71. The van der Waals surface area contributed by atoms with Gasteiger partial charge in [0, 0.05) is 56.5 Å². The Labute approximate surface area is 398 Å². The molecule has 2 spiro atoms. The van der Waals surface area contributed by atoms with Gasteiger partial charge in [0.25, 0.3) is 0 Å². The molecule has 8 rings (SSSR count). The Balaban J connectivity index is 0.000000196. The van der Waals surface area contributed by atoms with Gasteiger partial charge < -0.3 is 10.2 Å². The summed E-state index contributed by atoms with van der Waals surface area (Å²) in [6, 6.07) is 0. The number of rotatable bonds is 8. The monoisotopic (exact) mass is 901 g/mol. The molecular weight excluding hydrogens is 817 g/mol. The number of hydrogen-bond donors (Lipinski definition) is 2. The van der Waals surface area contributed by atoms with Crippen LogP contribution in [-0.2, 0) is 19.2 Å². The molecule has 0 heterocycles. The summed E-state index contributed by atoms with van der Waals surface area (Å²) in [5.74, 6) is -0.499. The average Bonchev–Trinajstić information content (AvgIpc) is 3.20. The Morgan fingerprint density at radius 2 is 0.939 bits per heavy atom. The van der Waals surface area contributed by atoms with Gasteiger partial charge in [-0.1, -0.05) is 141 Å². The predicted molar refractivity (Wildman–Crippen MR) is 267 cm³/mol. The third-order valence-corrected chi connectivity index (χ3v) is 18.4. The van der Waals surface area contributed by atoms with Gasteiger partial charge in [-0.3, -0.25) is 19.2 Å². The van der Waals surface area contributed by atoms with Crippen LogP contribution in [0, 0.1) is 68.0 Å². The van der Waals surface area contributed by atoms with Crippen LogP contribution in [0.15, 0.2) is 92.6 Å². The largest absolute Gasteiger partial charge is 0.504 e. The molecule has 6 heteroatoms. The average molecular weight is 901 g/mol. The van der Waals surface area contributed by atoms with Crippen LogP contribution >= 0.6 is 0 Å². The van der Waals surface area contributed by atoms with Gasteiger partial charge in [-0.2, -0.15) is 0 Å². The van der Waals surface area contributed by atoms with E-state index < -0.39 is 21.7 Å². The maximum absolute atomic E-state index is 14.4. The van der Waals surface area contributed by atoms with Crippen molar-refractivity contribution in [3.63, 3.8) is 0 Å². The molecule has 4 fully saturated rings. The van der Waals surface area contributed by atoms with E-state index in [1.807, 2.05) is 27.7 Å². The number of Topliss-reactive ketones (excluding diaryl/α,β-unsaturated/α-hetero) is 4. The van der Waals surface area contributed by atoms with Gasteiger partial charge in [0.05, 0.1) is 0 Å². The van der Waals surface area contributed by atoms with Crippen molar-refractivity contribution in [1.29, 1.82) is 0 Å². The van der Waals surface area contributed by atoms with Gasteiger partial charge in [-0.15, -0.1) is 0 Å². The number of aliphatic hydroxyl groups excluding tert-OH is 2. The van der Waals surface area contributed by atoms with E-state index in [4.69, 9.17) is 0 Å². The zero-order valence-electron chi connectivity index (χ0n) is 43.4. The van der Waals surface area contributed by atoms with Gasteiger partial charge >= 0.3 is 0 Å². The van der Waals surface area contributed by atoms with Gasteiger partial charge in [0.1, 0.15) is 11.6 Å². The molecule has 8 atom stereocenters. The molecule has 360 valence electrons. The van der Waals surface area contributed by atoms with Crippen molar-refractivity contribution in [2.75, 3.05) is 0 Å². The van der Waals surface area contributed by atoms with E-state index in [0.717, 1.165) is 88.2 Å². The molecule has 0 radical (unpaired) electrons. The maximum Gasteiger partial charge on any atom is 0.223 e. The predicted octanol–water partition coefficient (Wildman–Crippen LogP) is 14.9. The van der Waals surface area contributed by atoms with Crippen molar-refractivity contribution < 1.29 is 29.4 Å². The fraction of sp³-hybridized carbons (Fsp3) is 0.667. The Hall–Kier alpha value is -3.80. The lowest BCUT2D eigenvalue weighted by molar-refractivity contribution is -0.150. The molecule has 0 aromatic heterocycles. The first kappa shape index (κ1) is 50.1. The third kappa shape index (κ3) is 8.02. The molecule has 0 amide bonds. The first-order chi connectivity index (χ1) is 30.7. The van der Waals surface area contributed by atoms with Crippen LogP contribution in [0.5, 0.6) is 0 Å². The zero-order valence-corrected chi connectivity index (χ0v) is 43.4. The van der Waals surface area contributed by atoms with Crippen LogP contribution in [0.2, 0.25) is 0 Å². The lowest BCUT2D eigenvalue weighted by Gasteiger charge is -2.62. The van der Waals surface area contributed by atoms with E-state index in [1.165, 1.54) is 22.3 Å². The smallest absolute Gasteiger partial charge is 0.223 e. The second-order valence-electron chi connectivity index (χ2n) is 25.2. The maximum atomic E-state index is 14.4. The lowest BCUT2D eigenvalue weighted by Crippen LogP contribution is -2.61. The normalized spacial score (nSPS) is 35.4. The topological polar surface area (TPSA) is 109 Å². The second-order valence-corrected chi connectivity index (χ2v) is 25.2. The summed E-state index contributed by atoms with van der Waals surface area (Å²) in [7, 11) is 0. The molecule has 0 aromatic rings. The van der Waals surface area contributed by atoms with Crippen molar-refractivity contribution >= 4 is 23.1 Å². The minimum absolute atomic E-state index is 0.0164. The van der Waals surface area contributed by atoms with E-state index in [1.54, 1.807) is 0 Å². The molecule has 0 aromatic carbocycles. The highest BCUT2D eigenvalue weighted by Gasteiger charge is 2.68. The molecule has 6 nitrogen and oxygen atoms in total. The minimum atomic E-state index is -0.562. The molecule has 0 aliphatic heterocycles. The van der Waals surface area contributed by atoms with Crippen molar-refractivity contribution in [3.05, 3.63) is 92.6 Å². The molecule has 0 saturated heterocycles. The van der Waals surface area contributed by atoms with E-state index in [-0.39, 0.29) is 69.4 Å². The van der Waals surface area contributed by atoms with Gasteiger partial charge in [0.2, 0.25) is 11.6 Å². The van der Waals surface area contributed by atoms with Crippen molar-refractivity contribution in [3.8, 4) is 0 Å². The summed E-state index contributed by atoms with van der Waals surface area (Å²) < 4.78 is 0. The van der Waals surface area contributed by atoms with E-state index in [0.29, 0.717) is 35.6 Å². The van der Waals surface area contributed by atoms with Gasteiger partial charge in [-0.05, 0) is 139 Å². The van der Waals surface area contributed by atoms with Crippen molar-refractivity contribution in [2.45, 2.75) is 187 Å². The Morgan fingerprint density at radius 3 is 1.26 bits per heavy atom. The number of hydrogen-bond acceptors (Lipinski definition) is 6. The number of ketones is 4. The first-order valence-electron chi connectivity index (χ1n) is 25.8. The number of fused-ring (bicyclic) bond motifs is 4. The molecule has 8 aliphatic rings. The fourth-order valence-corrected chi connectivity index (χ4v) is 15.7. The van der Waals surface area contributed by atoms with E-state index in [2.05, 4.69) is 106 Å². The second kappa shape index (κ2) is 17.6. The van der Waals surface area contributed by atoms with Crippen LogP contribution in [0.4, 0.5) is 0 Å². The first-order valence-corrected chi connectivity index (χ1v) is 25.8. The third-order valence-electron chi connectivity index (χ3n) is 18.4. The summed E-state index contributed by atoms with van der Waals surface area (Å²) in [6.07, 6.45) is 26.0. The minimum Gasteiger partial charge on any atom is -0.504 e. The lowest BCUT2D eigenvalue weighted by atomic mass is 9.39. The standard InChI is InChI=1S/2C30H42O3/c2*1-18(2)10-8-11-20-12-15-30-17-21(19(3)4)23(31)25(33)27(30)29(7)14-9-13-28(5,6)26(29)24(32)22(30)16-20/h2*10,12,17,19,22,26,33H,8-9,11,13-16H2,1-7H3/t2*22-,26+,29+,30+/m11/s1. The number of carbonyl (C=O) groups excluding carboxylic acids is 4. The molecule has 66 heavy (non-hydrogen) atoms. The SMILES string of the molecule is CC(C)=CCCC1=CC[C@@]23C=C(C(C)C)C(=O)C(O)=C2[C@@]2(C)CCCC(C)(C)[C@@H]2C(=O)[C@H]3C1.CC(C)=CCCC1=CC[C@@]23C=C(C(C)C)C(=O)C(O)=C2[C@@]2(C)CCCC(C)(C)[C@@H]2C(=O)[C@H]3C1. The summed E-state index contributed by atoms with van der Waals surface area (Å²) in [5, 5.41) is 23.0. The molecule has 2 N–H and O–H groups in total. The fourth-order valence-electron chi connectivity index (χ4n) is 15.7. The zero-order chi connectivity index (χ0) is 48.7.